The normalized spacial score (nSPS) is 17.3. The fraction of sp³-hybridized carbons (Fsp3) is 0.462. The Kier molecular flexibility index (Phi) is 3.74. The Morgan fingerprint density at radius 3 is 2.88 bits per heavy atom. The molecule has 1 aliphatic rings. The summed E-state index contributed by atoms with van der Waals surface area (Å²) in [5.74, 6) is 0.0189. The van der Waals surface area contributed by atoms with E-state index < -0.39 is 0 Å². The van der Waals surface area contributed by atoms with Gasteiger partial charge < -0.3 is 11.1 Å². The number of thioether (sulfide) groups is 1. The Bertz CT molecular complexity index is 416. The van der Waals surface area contributed by atoms with Crippen LogP contribution >= 0.6 is 11.8 Å². The molecule has 3 nitrogen and oxygen atoms in total. The van der Waals surface area contributed by atoms with Crippen LogP contribution in [0.15, 0.2) is 29.2 Å². The number of carbonyl (C=O) groups is 1. The second kappa shape index (κ2) is 5.10. The van der Waals surface area contributed by atoms with Crippen LogP contribution in [0.4, 0.5) is 5.69 Å². The Morgan fingerprint density at radius 1 is 1.53 bits per heavy atom. The van der Waals surface area contributed by atoms with E-state index in [1.165, 1.54) is 0 Å². The molecular weight excluding hydrogens is 232 g/mol. The highest BCUT2D eigenvalue weighted by Crippen LogP contribution is 2.32. The maximum Gasteiger partial charge on any atom is 0.226 e. The topological polar surface area (TPSA) is 55.1 Å². The van der Waals surface area contributed by atoms with Crippen molar-refractivity contribution in [1.29, 1.82) is 0 Å². The molecule has 92 valence electrons. The monoisotopic (exact) mass is 250 g/mol. The zero-order valence-electron chi connectivity index (χ0n) is 10.0. The van der Waals surface area contributed by atoms with E-state index in [0.717, 1.165) is 29.8 Å². The number of nitrogens with one attached hydrogen (secondary N) is 1. The summed E-state index contributed by atoms with van der Waals surface area (Å²) in [6.45, 7) is 0. The third-order valence-corrected chi connectivity index (χ3v) is 3.94. The van der Waals surface area contributed by atoms with Gasteiger partial charge in [0, 0.05) is 22.5 Å². The molecule has 0 radical (unpaired) electrons. The van der Waals surface area contributed by atoms with E-state index in [0.29, 0.717) is 6.42 Å². The molecule has 1 aliphatic carbocycles. The van der Waals surface area contributed by atoms with Crippen LogP contribution in [-0.2, 0) is 4.79 Å². The van der Waals surface area contributed by atoms with Crippen LogP contribution in [0.2, 0.25) is 0 Å². The molecule has 0 bridgehead atoms. The van der Waals surface area contributed by atoms with Crippen LogP contribution in [-0.4, -0.2) is 17.7 Å². The number of rotatable bonds is 4. The molecule has 0 heterocycles. The fourth-order valence-electron chi connectivity index (χ4n) is 2.03. The Morgan fingerprint density at radius 2 is 2.29 bits per heavy atom. The quantitative estimate of drug-likeness (QED) is 0.808. The van der Waals surface area contributed by atoms with Crippen LogP contribution in [0, 0.1) is 0 Å². The molecule has 0 aliphatic heterocycles. The average molecular weight is 250 g/mol. The van der Waals surface area contributed by atoms with Crippen LogP contribution in [0.3, 0.4) is 0 Å². The van der Waals surface area contributed by atoms with Crippen molar-refractivity contribution in [2.24, 2.45) is 5.73 Å². The van der Waals surface area contributed by atoms with Gasteiger partial charge >= 0.3 is 0 Å². The van der Waals surface area contributed by atoms with Crippen molar-refractivity contribution in [3.05, 3.63) is 24.3 Å². The lowest BCUT2D eigenvalue weighted by molar-refractivity contribution is -0.118. The molecular formula is C13H18N2OS. The van der Waals surface area contributed by atoms with E-state index in [2.05, 4.69) is 5.32 Å². The van der Waals surface area contributed by atoms with Gasteiger partial charge in [0.2, 0.25) is 5.91 Å². The van der Waals surface area contributed by atoms with E-state index in [9.17, 15) is 4.79 Å². The second-order valence-corrected chi connectivity index (χ2v) is 5.55. The highest BCUT2D eigenvalue weighted by Gasteiger charge is 2.34. The number of hydrogen-bond acceptors (Lipinski definition) is 3. The largest absolute Gasteiger partial charge is 0.326 e. The zero-order chi connectivity index (χ0) is 12.3. The van der Waals surface area contributed by atoms with Gasteiger partial charge in [-0.2, -0.15) is 0 Å². The highest BCUT2D eigenvalue weighted by atomic mass is 32.2. The first-order valence-electron chi connectivity index (χ1n) is 5.84. The molecule has 1 fully saturated rings. The minimum atomic E-state index is -0.249. The predicted octanol–water partition coefficient (Wildman–Crippen LogP) is 2.62. The molecule has 4 heteroatoms. The molecule has 1 aromatic rings. The van der Waals surface area contributed by atoms with E-state index in [4.69, 9.17) is 5.73 Å². The predicted molar refractivity (Wildman–Crippen MR) is 72.2 cm³/mol. The van der Waals surface area contributed by atoms with Gasteiger partial charge in [-0.3, -0.25) is 4.79 Å². The second-order valence-electron chi connectivity index (χ2n) is 4.67. The van der Waals surface area contributed by atoms with Crippen molar-refractivity contribution in [1.82, 2.24) is 0 Å². The van der Waals surface area contributed by atoms with E-state index in [1.807, 2.05) is 30.5 Å². The first-order valence-corrected chi connectivity index (χ1v) is 7.07. The maximum absolute atomic E-state index is 11.8. The minimum absolute atomic E-state index is 0.0189. The number of amides is 1. The first kappa shape index (κ1) is 12.5. The summed E-state index contributed by atoms with van der Waals surface area (Å²) in [6.07, 6.45) is 5.52. The van der Waals surface area contributed by atoms with Crippen LogP contribution in [0.5, 0.6) is 0 Å². The van der Waals surface area contributed by atoms with Gasteiger partial charge in [0.15, 0.2) is 0 Å². The lowest BCUT2D eigenvalue weighted by Crippen LogP contribution is -2.48. The summed E-state index contributed by atoms with van der Waals surface area (Å²) in [5, 5.41) is 2.91. The van der Waals surface area contributed by atoms with E-state index in [1.54, 1.807) is 11.8 Å². The lowest BCUT2D eigenvalue weighted by atomic mass is 9.75. The molecule has 1 amide bonds. The molecule has 17 heavy (non-hydrogen) atoms. The van der Waals surface area contributed by atoms with Gasteiger partial charge in [-0.15, -0.1) is 11.8 Å². The smallest absolute Gasteiger partial charge is 0.226 e. The van der Waals surface area contributed by atoms with E-state index >= 15 is 0 Å². The van der Waals surface area contributed by atoms with Crippen molar-refractivity contribution in [3.63, 3.8) is 0 Å². The summed E-state index contributed by atoms with van der Waals surface area (Å²) in [4.78, 5) is 13.0. The van der Waals surface area contributed by atoms with Crippen molar-refractivity contribution in [2.75, 3.05) is 11.6 Å². The Labute approximate surface area is 106 Å². The average Bonchev–Trinajstić information content (AvgIpc) is 2.27. The first-order chi connectivity index (χ1) is 8.11. The Balaban J connectivity index is 1.93. The third kappa shape index (κ3) is 3.23. The summed E-state index contributed by atoms with van der Waals surface area (Å²) in [6, 6.07) is 7.85. The SMILES string of the molecule is CSc1cccc(NC(=O)CC2(N)CCC2)c1. The summed E-state index contributed by atoms with van der Waals surface area (Å²) < 4.78 is 0. The highest BCUT2D eigenvalue weighted by molar-refractivity contribution is 7.98. The van der Waals surface area contributed by atoms with E-state index in [-0.39, 0.29) is 11.4 Å². The number of benzene rings is 1. The molecule has 0 unspecified atom stereocenters. The summed E-state index contributed by atoms with van der Waals surface area (Å²) in [5.41, 5.74) is 6.65. The standard InChI is InChI=1S/C13H18N2OS/c1-17-11-5-2-4-10(8-11)15-12(16)9-13(14)6-3-7-13/h2,4-5,8H,3,6-7,9,14H2,1H3,(H,15,16). The third-order valence-electron chi connectivity index (χ3n) is 3.22. The molecule has 0 spiro atoms. The maximum atomic E-state index is 11.8. The van der Waals surface area contributed by atoms with Gasteiger partial charge in [-0.25, -0.2) is 0 Å². The van der Waals surface area contributed by atoms with Gasteiger partial charge in [-0.05, 0) is 43.7 Å². The van der Waals surface area contributed by atoms with Crippen LogP contribution < -0.4 is 11.1 Å². The lowest BCUT2D eigenvalue weighted by Gasteiger charge is -2.37. The minimum Gasteiger partial charge on any atom is -0.326 e. The molecule has 0 aromatic heterocycles. The van der Waals surface area contributed by atoms with Gasteiger partial charge in [0.25, 0.3) is 0 Å². The Hall–Kier alpha value is -1.00. The summed E-state index contributed by atoms with van der Waals surface area (Å²) in [7, 11) is 0. The number of anilines is 1. The molecule has 0 saturated heterocycles. The molecule has 1 aromatic carbocycles. The molecule has 3 N–H and O–H groups in total. The van der Waals surface area contributed by atoms with Crippen LogP contribution in [0.1, 0.15) is 25.7 Å². The van der Waals surface area contributed by atoms with Crippen molar-refractivity contribution < 1.29 is 4.79 Å². The van der Waals surface area contributed by atoms with Crippen molar-refractivity contribution >= 4 is 23.4 Å². The van der Waals surface area contributed by atoms with Gasteiger partial charge in [0.1, 0.15) is 0 Å². The van der Waals surface area contributed by atoms with Crippen LogP contribution in [0.25, 0.3) is 0 Å². The van der Waals surface area contributed by atoms with Crippen molar-refractivity contribution in [3.8, 4) is 0 Å². The zero-order valence-corrected chi connectivity index (χ0v) is 10.8. The van der Waals surface area contributed by atoms with Crippen molar-refractivity contribution in [2.45, 2.75) is 36.1 Å². The molecule has 2 rings (SSSR count). The van der Waals surface area contributed by atoms with Gasteiger partial charge in [-0.1, -0.05) is 6.07 Å². The van der Waals surface area contributed by atoms with Gasteiger partial charge in [0.05, 0.1) is 0 Å². The number of nitrogens with two attached hydrogens (primary N) is 1. The number of carbonyl (C=O) groups excluding carboxylic acids is 1. The molecule has 0 atom stereocenters. The molecule has 1 saturated carbocycles. The number of hydrogen-bond donors (Lipinski definition) is 2. The fourth-order valence-corrected chi connectivity index (χ4v) is 2.49. The summed E-state index contributed by atoms with van der Waals surface area (Å²) >= 11 is 1.66.